The molecule has 7 nitrogen and oxygen atoms in total. The van der Waals surface area contributed by atoms with Gasteiger partial charge in [-0.2, -0.15) is 5.10 Å². The molecule has 1 aromatic rings. The monoisotopic (exact) mass is 308 g/mol. The molecule has 1 saturated carbocycles. The van der Waals surface area contributed by atoms with Crippen LogP contribution in [0.4, 0.5) is 0 Å². The lowest BCUT2D eigenvalue weighted by molar-refractivity contribution is 0.138. The van der Waals surface area contributed by atoms with Crippen molar-refractivity contribution in [3.8, 4) is 0 Å². The van der Waals surface area contributed by atoms with E-state index in [0.717, 1.165) is 31.4 Å². The molecule has 1 aliphatic rings. The summed E-state index contributed by atoms with van der Waals surface area (Å²) in [7, 11) is 5.46. The minimum atomic E-state index is 0.346. The van der Waals surface area contributed by atoms with Crippen LogP contribution in [0.25, 0.3) is 0 Å². The van der Waals surface area contributed by atoms with E-state index < -0.39 is 0 Å². The molecule has 2 N–H and O–H groups in total. The standard InChI is InChI=1S/C15H28N6O/c1-16-14(17-10-13-19-12-20-21(13)2)18-11-15(8-9-22-3)6-4-5-7-15/h12H,4-11H2,1-3H3,(H2,16,17,18). The van der Waals surface area contributed by atoms with E-state index in [2.05, 4.69) is 25.7 Å². The molecule has 124 valence electrons. The molecule has 2 rings (SSSR count). The van der Waals surface area contributed by atoms with Crippen molar-refractivity contribution in [2.45, 2.75) is 38.6 Å². The third kappa shape index (κ3) is 4.43. The number of hydrogen-bond donors (Lipinski definition) is 2. The minimum Gasteiger partial charge on any atom is -0.385 e. The first-order chi connectivity index (χ1) is 10.7. The number of aryl methyl sites for hydroxylation is 1. The van der Waals surface area contributed by atoms with E-state index >= 15 is 0 Å². The van der Waals surface area contributed by atoms with Crippen LogP contribution in [0.3, 0.4) is 0 Å². The molecule has 0 saturated heterocycles. The largest absolute Gasteiger partial charge is 0.385 e. The van der Waals surface area contributed by atoms with E-state index in [0.29, 0.717) is 12.0 Å². The van der Waals surface area contributed by atoms with Gasteiger partial charge in [0.05, 0.1) is 6.54 Å². The normalized spacial score (nSPS) is 17.7. The second-order valence-electron chi connectivity index (χ2n) is 6.03. The predicted octanol–water partition coefficient (Wildman–Crippen LogP) is 1.08. The highest BCUT2D eigenvalue weighted by atomic mass is 16.5. The summed E-state index contributed by atoms with van der Waals surface area (Å²) in [5, 5.41) is 10.8. The third-order valence-electron chi connectivity index (χ3n) is 4.57. The fraction of sp³-hybridized carbons (Fsp3) is 0.800. The van der Waals surface area contributed by atoms with E-state index in [1.165, 1.54) is 25.7 Å². The van der Waals surface area contributed by atoms with Gasteiger partial charge in [-0.3, -0.25) is 9.67 Å². The molecule has 1 fully saturated rings. The Kier molecular flexibility index (Phi) is 6.18. The molecule has 0 spiro atoms. The zero-order chi connectivity index (χ0) is 15.8. The summed E-state index contributed by atoms with van der Waals surface area (Å²) in [5.41, 5.74) is 0.346. The predicted molar refractivity (Wildman–Crippen MR) is 86.6 cm³/mol. The Morgan fingerprint density at radius 1 is 1.41 bits per heavy atom. The number of aromatic nitrogens is 3. The fourth-order valence-corrected chi connectivity index (χ4v) is 3.09. The van der Waals surface area contributed by atoms with E-state index in [9.17, 15) is 0 Å². The summed E-state index contributed by atoms with van der Waals surface area (Å²) < 4.78 is 7.04. The maximum absolute atomic E-state index is 5.28. The van der Waals surface area contributed by atoms with Gasteiger partial charge in [-0.05, 0) is 24.7 Å². The Morgan fingerprint density at radius 2 is 2.18 bits per heavy atom. The molecule has 1 heterocycles. The zero-order valence-corrected chi connectivity index (χ0v) is 13.9. The van der Waals surface area contributed by atoms with Crippen molar-refractivity contribution < 1.29 is 4.74 Å². The molecule has 0 amide bonds. The van der Waals surface area contributed by atoms with Gasteiger partial charge < -0.3 is 15.4 Å². The first-order valence-electron chi connectivity index (χ1n) is 7.95. The van der Waals surface area contributed by atoms with Crippen molar-refractivity contribution >= 4 is 5.96 Å². The molecule has 0 atom stereocenters. The van der Waals surface area contributed by atoms with Crippen LogP contribution in [0, 0.1) is 5.41 Å². The second-order valence-corrected chi connectivity index (χ2v) is 6.03. The number of rotatable bonds is 7. The average Bonchev–Trinajstić information content (AvgIpc) is 3.15. The lowest BCUT2D eigenvalue weighted by Gasteiger charge is -2.29. The van der Waals surface area contributed by atoms with Crippen LogP contribution >= 0.6 is 0 Å². The molecule has 0 aliphatic heterocycles. The van der Waals surface area contributed by atoms with E-state index in [1.807, 2.05) is 7.05 Å². The highest BCUT2D eigenvalue weighted by Crippen LogP contribution is 2.40. The van der Waals surface area contributed by atoms with Crippen molar-refractivity contribution in [3.63, 3.8) is 0 Å². The first kappa shape index (κ1) is 16.7. The molecular formula is C15H28N6O. The number of aliphatic imine (C=N–C) groups is 1. The van der Waals surface area contributed by atoms with Crippen LogP contribution in [0.2, 0.25) is 0 Å². The molecule has 0 aromatic carbocycles. The number of nitrogens with zero attached hydrogens (tertiary/aromatic N) is 4. The molecule has 1 aromatic heterocycles. The summed E-state index contributed by atoms with van der Waals surface area (Å²) >= 11 is 0. The van der Waals surface area contributed by atoms with Crippen LogP contribution in [-0.2, 0) is 18.3 Å². The van der Waals surface area contributed by atoms with Gasteiger partial charge in [0, 0.05) is 34.4 Å². The van der Waals surface area contributed by atoms with E-state index in [1.54, 1.807) is 25.2 Å². The third-order valence-corrected chi connectivity index (χ3v) is 4.57. The number of ether oxygens (including phenoxy) is 1. The van der Waals surface area contributed by atoms with Crippen molar-refractivity contribution in [2.75, 3.05) is 27.3 Å². The van der Waals surface area contributed by atoms with Crippen LogP contribution < -0.4 is 10.6 Å². The number of hydrogen-bond acceptors (Lipinski definition) is 4. The van der Waals surface area contributed by atoms with Gasteiger partial charge in [-0.15, -0.1) is 0 Å². The van der Waals surface area contributed by atoms with Gasteiger partial charge in [0.2, 0.25) is 0 Å². The molecule has 22 heavy (non-hydrogen) atoms. The molecule has 1 aliphatic carbocycles. The van der Waals surface area contributed by atoms with Gasteiger partial charge in [0.1, 0.15) is 12.2 Å². The van der Waals surface area contributed by atoms with Gasteiger partial charge in [0.15, 0.2) is 5.96 Å². The highest BCUT2D eigenvalue weighted by Gasteiger charge is 2.33. The summed E-state index contributed by atoms with van der Waals surface area (Å²) in [4.78, 5) is 8.50. The van der Waals surface area contributed by atoms with E-state index in [4.69, 9.17) is 4.74 Å². The van der Waals surface area contributed by atoms with Gasteiger partial charge >= 0.3 is 0 Å². The maximum atomic E-state index is 5.28. The van der Waals surface area contributed by atoms with E-state index in [-0.39, 0.29) is 0 Å². The van der Waals surface area contributed by atoms with Gasteiger partial charge in [-0.25, -0.2) is 4.98 Å². The van der Waals surface area contributed by atoms with Crippen LogP contribution in [0.15, 0.2) is 11.3 Å². The summed E-state index contributed by atoms with van der Waals surface area (Å²) in [5.74, 6) is 1.70. The zero-order valence-electron chi connectivity index (χ0n) is 13.9. The Balaban J connectivity index is 1.83. The van der Waals surface area contributed by atoms with Crippen molar-refractivity contribution in [2.24, 2.45) is 17.5 Å². The van der Waals surface area contributed by atoms with Crippen LogP contribution in [0.1, 0.15) is 37.9 Å². The quantitative estimate of drug-likeness (QED) is 0.582. The van der Waals surface area contributed by atoms with Crippen LogP contribution in [-0.4, -0.2) is 48.0 Å². The molecule has 0 bridgehead atoms. The summed E-state index contributed by atoms with van der Waals surface area (Å²) in [6.45, 7) is 2.38. The number of nitrogens with one attached hydrogen (secondary N) is 2. The minimum absolute atomic E-state index is 0.346. The first-order valence-corrected chi connectivity index (χ1v) is 7.95. The lowest BCUT2D eigenvalue weighted by Crippen LogP contribution is -2.43. The SMILES string of the molecule is CN=C(NCc1ncnn1C)NCC1(CCOC)CCCC1. The number of methoxy groups -OCH3 is 1. The van der Waals surface area contributed by atoms with Crippen molar-refractivity contribution in [3.05, 3.63) is 12.2 Å². The lowest BCUT2D eigenvalue weighted by atomic mass is 9.83. The molecule has 0 radical (unpaired) electrons. The summed E-state index contributed by atoms with van der Waals surface area (Å²) in [6.07, 6.45) is 7.84. The molecular weight excluding hydrogens is 280 g/mol. The highest BCUT2D eigenvalue weighted by molar-refractivity contribution is 5.79. The van der Waals surface area contributed by atoms with Crippen molar-refractivity contribution in [1.82, 2.24) is 25.4 Å². The molecule has 0 unspecified atom stereocenters. The maximum Gasteiger partial charge on any atom is 0.191 e. The number of guanidine groups is 1. The Hall–Kier alpha value is -1.63. The van der Waals surface area contributed by atoms with Gasteiger partial charge in [-0.1, -0.05) is 12.8 Å². The van der Waals surface area contributed by atoms with Gasteiger partial charge in [0.25, 0.3) is 0 Å². The molecule has 7 heteroatoms. The Morgan fingerprint density at radius 3 is 2.77 bits per heavy atom. The van der Waals surface area contributed by atoms with Crippen molar-refractivity contribution in [1.29, 1.82) is 0 Å². The summed E-state index contributed by atoms with van der Waals surface area (Å²) in [6, 6.07) is 0. The fourth-order valence-electron chi connectivity index (χ4n) is 3.09. The topological polar surface area (TPSA) is 76.4 Å². The van der Waals surface area contributed by atoms with Crippen LogP contribution in [0.5, 0.6) is 0 Å². The Labute approximate surface area is 132 Å². The Bertz CT molecular complexity index is 478. The smallest absolute Gasteiger partial charge is 0.191 e. The second kappa shape index (κ2) is 8.12. The average molecular weight is 308 g/mol.